The maximum Gasteiger partial charge on any atom is 0.123 e. The van der Waals surface area contributed by atoms with Gasteiger partial charge in [-0.1, -0.05) is 23.7 Å². The number of ether oxygens (including phenoxy) is 1. The number of halogens is 2. The van der Waals surface area contributed by atoms with E-state index in [2.05, 4.69) is 4.98 Å². The minimum atomic E-state index is -0.284. The van der Waals surface area contributed by atoms with Crippen LogP contribution in [0.25, 0.3) is 5.69 Å². The summed E-state index contributed by atoms with van der Waals surface area (Å²) in [4.78, 5) is 4.51. The number of aromatic nitrogens is 2. The minimum absolute atomic E-state index is 0.282. The highest BCUT2D eigenvalue weighted by atomic mass is 35.5. The highest BCUT2D eigenvalue weighted by Gasteiger charge is 2.24. The van der Waals surface area contributed by atoms with Crippen LogP contribution in [0, 0.1) is 5.82 Å². The van der Waals surface area contributed by atoms with Crippen LogP contribution in [0.2, 0.25) is 5.02 Å². The highest BCUT2D eigenvalue weighted by Crippen LogP contribution is 2.34. The molecule has 1 aliphatic rings. The summed E-state index contributed by atoms with van der Waals surface area (Å²) in [5.74, 6) is 5.99. The fourth-order valence-electron chi connectivity index (χ4n) is 3.26. The Kier molecular flexibility index (Phi) is 5.04. The third-order valence-electron chi connectivity index (χ3n) is 4.66. The summed E-state index contributed by atoms with van der Waals surface area (Å²) in [5.41, 5.74) is 10.6. The van der Waals surface area contributed by atoms with Crippen LogP contribution in [-0.2, 0) is 24.4 Å². The molecule has 0 saturated carbocycles. The van der Waals surface area contributed by atoms with Crippen LogP contribution in [0.1, 0.15) is 17.0 Å². The number of nitrogens with two attached hydrogens (primary N) is 2. The van der Waals surface area contributed by atoms with E-state index >= 15 is 0 Å². The first-order valence-corrected chi connectivity index (χ1v) is 9.07. The number of anilines is 1. The van der Waals surface area contributed by atoms with Crippen molar-refractivity contribution in [3.8, 4) is 5.69 Å². The van der Waals surface area contributed by atoms with E-state index in [1.54, 1.807) is 24.5 Å². The minimum Gasteiger partial charge on any atom is -0.403 e. The van der Waals surface area contributed by atoms with Crippen molar-refractivity contribution in [1.29, 1.82) is 0 Å². The first-order chi connectivity index (χ1) is 13.6. The average molecular weight is 400 g/mol. The van der Waals surface area contributed by atoms with Gasteiger partial charge in [0, 0.05) is 17.6 Å². The molecule has 6 nitrogen and oxygen atoms in total. The lowest BCUT2D eigenvalue weighted by atomic mass is 10.2. The molecule has 8 heteroatoms. The molecule has 0 amide bonds. The maximum absolute atomic E-state index is 13.3. The smallest absolute Gasteiger partial charge is 0.123 e. The lowest BCUT2D eigenvalue weighted by molar-refractivity contribution is 0.104. The summed E-state index contributed by atoms with van der Waals surface area (Å²) in [6.45, 7) is 0.572. The molecule has 2 heterocycles. The van der Waals surface area contributed by atoms with Crippen molar-refractivity contribution in [2.24, 2.45) is 11.6 Å². The van der Waals surface area contributed by atoms with Gasteiger partial charge >= 0.3 is 0 Å². The van der Waals surface area contributed by atoms with Crippen LogP contribution >= 0.6 is 11.6 Å². The first-order valence-electron chi connectivity index (χ1n) is 8.69. The van der Waals surface area contributed by atoms with Gasteiger partial charge in [-0.2, -0.15) is 0 Å². The summed E-state index contributed by atoms with van der Waals surface area (Å²) < 4.78 is 21.0. The van der Waals surface area contributed by atoms with E-state index in [9.17, 15) is 4.39 Å². The predicted octanol–water partition coefficient (Wildman–Crippen LogP) is 3.42. The van der Waals surface area contributed by atoms with Crippen LogP contribution in [0.4, 0.5) is 10.1 Å². The van der Waals surface area contributed by atoms with Gasteiger partial charge in [0.25, 0.3) is 0 Å². The number of allylic oxidation sites excluding steroid dienone is 1. The van der Waals surface area contributed by atoms with Crippen molar-refractivity contribution in [1.82, 2.24) is 9.55 Å². The van der Waals surface area contributed by atoms with Crippen molar-refractivity contribution in [3.63, 3.8) is 0 Å². The molecule has 0 unspecified atom stereocenters. The predicted molar refractivity (Wildman–Crippen MR) is 106 cm³/mol. The molecule has 0 saturated heterocycles. The van der Waals surface area contributed by atoms with Gasteiger partial charge in [0.2, 0.25) is 0 Å². The molecule has 28 heavy (non-hydrogen) atoms. The van der Waals surface area contributed by atoms with Crippen molar-refractivity contribution >= 4 is 17.3 Å². The van der Waals surface area contributed by atoms with Gasteiger partial charge in [-0.15, -0.1) is 0 Å². The van der Waals surface area contributed by atoms with Crippen molar-refractivity contribution < 1.29 is 9.13 Å². The molecular weight excluding hydrogens is 381 g/mol. The maximum atomic E-state index is 13.3. The van der Waals surface area contributed by atoms with Gasteiger partial charge in [-0.25, -0.2) is 15.2 Å². The molecule has 4 N–H and O–H groups in total. The summed E-state index contributed by atoms with van der Waals surface area (Å²) >= 11 is 6.15. The zero-order chi connectivity index (χ0) is 19.7. The van der Waals surface area contributed by atoms with Crippen molar-refractivity contribution in [2.75, 3.05) is 5.01 Å². The van der Waals surface area contributed by atoms with Gasteiger partial charge in [-0.3, -0.25) is 5.01 Å². The van der Waals surface area contributed by atoms with Gasteiger partial charge in [0.1, 0.15) is 5.82 Å². The second-order valence-electron chi connectivity index (χ2n) is 6.47. The Balaban J connectivity index is 1.63. The molecule has 0 atom stereocenters. The van der Waals surface area contributed by atoms with Crippen LogP contribution in [0.5, 0.6) is 0 Å². The number of imidazole rings is 1. The van der Waals surface area contributed by atoms with E-state index in [0.29, 0.717) is 23.7 Å². The van der Waals surface area contributed by atoms with E-state index in [1.807, 2.05) is 16.7 Å². The Morgan fingerprint density at radius 1 is 1.18 bits per heavy atom. The fraction of sp³-hybridized carbons (Fsp3) is 0.150. The SMILES string of the molecule is N/C=C1/Cc2c(COCc3cccc(F)c3)ncn2-c2ccc(Cl)cc2N1N. The molecule has 0 fully saturated rings. The Bertz CT molecular complexity index is 1050. The topological polar surface area (TPSA) is 82.3 Å². The number of nitrogens with zero attached hydrogens (tertiary/aromatic N) is 3. The van der Waals surface area contributed by atoms with E-state index in [4.69, 9.17) is 27.9 Å². The Morgan fingerprint density at radius 3 is 2.82 bits per heavy atom. The van der Waals surface area contributed by atoms with E-state index in [0.717, 1.165) is 28.3 Å². The van der Waals surface area contributed by atoms with Crippen LogP contribution in [-0.4, -0.2) is 9.55 Å². The van der Waals surface area contributed by atoms with Gasteiger partial charge < -0.3 is 15.0 Å². The summed E-state index contributed by atoms with van der Waals surface area (Å²) in [6.07, 6.45) is 3.69. The zero-order valence-corrected chi connectivity index (χ0v) is 15.7. The molecule has 0 aliphatic carbocycles. The van der Waals surface area contributed by atoms with E-state index in [-0.39, 0.29) is 12.4 Å². The van der Waals surface area contributed by atoms with Gasteiger partial charge in [0.15, 0.2) is 0 Å². The molecule has 144 valence electrons. The van der Waals surface area contributed by atoms with Gasteiger partial charge in [-0.05, 0) is 35.9 Å². The summed E-state index contributed by atoms with van der Waals surface area (Å²) in [7, 11) is 0. The van der Waals surface area contributed by atoms with E-state index < -0.39 is 0 Å². The standard InChI is InChI=1S/C20H19ClFN5O/c21-14-4-5-18-20(7-14)27(24)16(9-23)8-19-17(25-12-26(18)19)11-28-10-13-2-1-3-15(22)6-13/h1-7,9,12H,8,10-11,23-24H2/b16-9-. The molecule has 0 bridgehead atoms. The third-order valence-corrected chi connectivity index (χ3v) is 4.89. The molecule has 3 aromatic rings. The first kappa shape index (κ1) is 18.5. The molecule has 1 aliphatic heterocycles. The molecule has 4 rings (SSSR count). The lowest BCUT2D eigenvalue weighted by Crippen LogP contribution is -2.31. The Labute approximate surface area is 166 Å². The number of fused-ring (bicyclic) bond motifs is 3. The van der Waals surface area contributed by atoms with Crippen molar-refractivity contribution in [2.45, 2.75) is 19.6 Å². The van der Waals surface area contributed by atoms with Crippen LogP contribution in [0.15, 0.2) is 60.7 Å². The second-order valence-corrected chi connectivity index (χ2v) is 6.90. The van der Waals surface area contributed by atoms with Crippen molar-refractivity contribution in [3.05, 3.63) is 88.5 Å². The summed E-state index contributed by atoms with van der Waals surface area (Å²) in [6, 6.07) is 11.8. The zero-order valence-electron chi connectivity index (χ0n) is 15.0. The van der Waals surface area contributed by atoms with Gasteiger partial charge in [0.05, 0.1) is 48.0 Å². The lowest BCUT2D eigenvalue weighted by Gasteiger charge is -2.21. The summed E-state index contributed by atoms with van der Waals surface area (Å²) in [5, 5.41) is 2.11. The number of benzene rings is 2. The molecule has 1 aromatic heterocycles. The van der Waals surface area contributed by atoms with Crippen LogP contribution < -0.4 is 16.6 Å². The molecule has 0 radical (unpaired) electrons. The third kappa shape index (κ3) is 3.47. The highest BCUT2D eigenvalue weighted by molar-refractivity contribution is 6.31. The quantitative estimate of drug-likeness (QED) is 0.657. The molecule has 2 aromatic carbocycles. The number of hydrogen-bond acceptors (Lipinski definition) is 5. The number of hydrazine groups is 1. The number of hydrogen-bond donors (Lipinski definition) is 2. The van der Waals surface area contributed by atoms with Crippen LogP contribution in [0.3, 0.4) is 0 Å². The van der Waals surface area contributed by atoms with E-state index in [1.165, 1.54) is 23.3 Å². The Hall–Kier alpha value is -2.87. The second kappa shape index (κ2) is 7.63. The largest absolute Gasteiger partial charge is 0.403 e. The number of rotatable bonds is 4. The molecule has 0 spiro atoms. The normalized spacial score (nSPS) is 14.7. The fourth-order valence-corrected chi connectivity index (χ4v) is 3.43. The molecular formula is C20H19ClFN5O. The Morgan fingerprint density at radius 2 is 2.04 bits per heavy atom. The average Bonchev–Trinajstić information content (AvgIpc) is 3.03. The monoisotopic (exact) mass is 399 g/mol.